The molecule has 0 spiro atoms. The van der Waals surface area contributed by atoms with Crippen LogP contribution >= 0.6 is 0 Å². The molecule has 0 aliphatic rings. The lowest BCUT2D eigenvalue weighted by Crippen LogP contribution is -2.42. The number of carboxylic acid groups (broad SMARTS) is 1. The average molecular weight is 359 g/mol. The summed E-state index contributed by atoms with van der Waals surface area (Å²) in [6.07, 6.45) is 12.0. The predicted octanol–water partition coefficient (Wildman–Crippen LogP) is 6.02. The van der Waals surface area contributed by atoms with Gasteiger partial charge in [-0.3, -0.25) is 0 Å². The van der Waals surface area contributed by atoms with Crippen molar-refractivity contribution in [2.24, 2.45) is 11.3 Å². The van der Waals surface area contributed by atoms with Gasteiger partial charge in [0.05, 0.1) is 0 Å². The van der Waals surface area contributed by atoms with E-state index < -0.39 is 21.1 Å². The zero-order valence-corrected chi connectivity index (χ0v) is 18.2. The quantitative estimate of drug-likeness (QED) is 0.305. The summed E-state index contributed by atoms with van der Waals surface area (Å²) < 4.78 is 5.87. The highest BCUT2D eigenvalue weighted by Gasteiger charge is 2.37. The lowest BCUT2D eigenvalue weighted by Gasteiger charge is -2.36. The fourth-order valence-corrected chi connectivity index (χ4v) is 4.22. The summed E-state index contributed by atoms with van der Waals surface area (Å²) in [7, 11) is -1.36. The van der Waals surface area contributed by atoms with E-state index in [1.54, 1.807) is 0 Å². The Morgan fingerprint density at radius 1 is 0.958 bits per heavy atom. The van der Waals surface area contributed by atoms with Crippen LogP contribution in [-0.4, -0.2) is 26.2 Å². The Bertz CT molecular complexity index is 323. The summed E-state index contributed by atoms with van der Waals surface area (Å²) in [5.74, 6) is -0.693. The zero-order valence-electron chi connectivity index (χ0n) is 17.1. The Labute approximate surface area is 152 Å². The van der Waals surface area contributed by atoms with Crippen molar-refractivity contribution in [2.75, 3.05) is 0 Å². The molecular formula is C20H42O3Si. The van der Waals surface area contributed by atoms with E-state index in [9.17, 15) is 9.90 Å². The molecule has 0 saturated heterocycles. The lowest BCUT2D eigenvalue weighted by molar-refractivity contribution is -0.150. The molecule has 0 aromatic rings. The number of hydrogen-bond donors (Lipinski definition) is 1. The van der Waals surface area contributed by atoms with Gasteiger partial charge in [0.2, 0.25) is 0 Å². The highest BCUT2D eigenvalue weighted by molar-refractivity contribution is 6.48. The van der Waals surface area contributed by atoms with Gasteiger partial charge in [-0.15, -0.1) is 0 Å². The molecule has 0 amide bonds. The van der Waals surface area contributed by atoms with E-state index in [-0.39, 0.29) is 11.3 Å². The van der Waals surface area contributed by atoms with Crippen LogP contribution in [0.15, 0.2) is 0 Å². The monoisotopic (exact) mass is 358 g/mol. The number of aliphatic carboxylic acids is 1. The van der Waals surface area contributed by atoms with Crippen molar-refractivity contribution in [3.05, 3.63) is 0 Å². The number of rotatable bonds is 14. The van der Waals surface area contributed by atoms with Crippen molar-refractivity contribution in [2.45, 2.75) is 111 Å². The van der Waals surface area contributed by atoms with E-state index in [4.69, 9.17) is 4.43 Å². The topological polar surface area (TPSA) is 46.5 Å². The first kappa shape index (κ1) is 23.6. The van der Waals surface area contributed by atoms with Crippen LogP contribution in [0.5, 0.6) is 0 Å². The maximum Gasteiger partial charge on any atom is 0.331 e. The smallest absolute Gasteiger partial charge is 0.331 e. The standard InChI is InChI=1S/C20H42O3Si/c1-7-8-9-10-11-12-13-14-15-16-17(20(2,3)4)18(19(21)22)23-24(5)6/h17-18,24H,7-16H2,1-6H3,(H,21,22). The number of hydrogen-bond acceptors (Lipinski definition) is 2. The second kappa shape index (κ2) is 12.9. The molecule has 0 aromatic heterocycles. The number of carbonyl (C=O) groups is 1. The molecule has 0 heterocycles. The van der Waals surface area contributed by atoms with E-state index in [2.05, 4.69) is 27.7 Å². The molecule has 0 aliphatic heterocycles. The van der Waals surface area contributed by atoms with Crippen LogP contribution in [0.1, 0.15) is 91.9 Å². The molecule has 0 fully saturated rings. The van der Waals surface area contributed by atoms with Gasteiger partial charge in [-0.1, -0.05) is 85.5 Å². The summed E-state index contributed by atoms with van der Waals surface area (Å²) in [4.78, 5) is 11.7. The molecule has 0 saturated carbocycles. The third-order valence-electron chi connectivity index (χ3n) is 4.76. The third-order valence-corrected chi connectivity index (χ3v) is 5.60. The molecule has 3 nitrogen and oxygen atoms in total. The summed E-state index contributed by atoms with van der Waals surface area (Å²) in [5, 5.41) is 9.60. The van der Waals surface area contributed by atoms with Gasteiger partial charge in [-0.05, 0) is 30.8 Å². The molecule has 24 heavy (non-hydrogen) atoms. The van der Waals surface area contributed by atoms with Crippen LogP contribution in [-0.2, 0) is 9.22 Å². The first-order chi connectivity index (χ1) is 11.2. The SMILES string of the molecule is CCCCCCCCCCCC(C(O[SiH](C)C)C(=O)O)C(C)(C)C. The molecule has 0 aromatic carbocycles. The average Bonchev–Trinajstić information content (AvgIpc) is 2.45. The molecule has 0 bridgehead atoms. The summed E-state index contributed by atoms with van der Waals surface area (Å²) in [5.41, 5.74) is -0.0352. The molecule has 0 aliphatic carbocycles. The van der Waals surface area contributed by atoms with Crippen molar-refractivity contribution in [3.8, 4) is 0 Å². The maximum atomic E-state index is 11.7. The predicted molar refractivity (Wildman–Crippen MR) is 106 cm³/mol. The van der Waals surface area contributed by atoms with Gasteiger partial charge in [0.15, 0.2) is 9.04 Å². The second-order valence-electron chi connectivity index (χ2n) is 8.53. The maximum absolute atomic E-state index is 11.7. The Hall–Kier alpha value is -0.353. The van der Waals surface area contributed by atoms with Gasteiger partial charge < -0.3 is 9.53 Å². The van der Waals surface area contributed by atoms with Gasteiger partial charge in [-0.25, -0.2) is 4.79 Å². The van der Waals surface area contributed by atoms with Crippen molar-refractivity contribution in [1.29, 1.82) is 0 Å². The highest BCUT2D eigenvalue weighted by Crippen LogP contribution is 2.35. The van der Waals surface area contributed by atoms with Gasteiger partial charge in [0.1, 0.15) is 6.10 Å². The normalized spacial score (nSPS) is 14.8. The van der Waals surface area contributed by atoms with E-state index >= 15 is 0 Å². The van der Waals surface area contributed by atoms with Gasteiger partial charge in [-0.2, -0.15) is 0 Å². The molecule has 2 atom stereocenters. The number of carboxylic acids is 1. The highest BCUT2D eigenvalue weighted by atomic mass is 28.3. The van der Waals surface area contributed by atoms with Crippen molar-refractivity contribution in [1.82, 2.24) is 0 Å². The fraction of sp³-hybridized carbons (Fsp3) is 0.950. The van der Waals surface area contributed by atoms with E-state index in [0.717, 1.165) is 12.8 Å². The van der Waals surface area contributed by atoms with Crippen LogP contribution in [0.25, 0.3) is 0 Å². The summed E-state index contributed by atoms with van der Waals surface area (Å²) >= 11 is 0. The van der Waals surface area contributed by atoms with Crippen molar-refractivity contribution < 1.29 is 14.3 Å². The molecule has 2 unspecified atom stereocenters. The molecule has 0 radical (unpaired) electrons. The van der Waals surface area contributed by atoms with Crippen LogP contribution < -0.4 is 0 Å². The minimum atomic E-state index is -1.36. The van der Waals surface area contributed by atoms with E-state index in [0.29, 0.717) is 0 Å². The summed E-state index contributed by atoms with van der Waals surface area (Å²) in [6.45, 7) is 12.8. The Morgan fingerprint density at radius 2 is 1.42 bits per heavy atom. The van der Waals surface area contributed by atoms with Crippen molar-refractivity contribution >= 4 is 15.0 Å². The first-order valence-corrected chi connectivity index (χ1v) is 12.9. The minimum absolute atomic E-state index is 0.0352. The van der Waals surface area contributed by atoms with Gasteiger partial charge >= 0.3 is 5.97 Å². The Morgan fingerprint density at radius 3 is 1.79 bits per heavy atom. The molecule has 4 heteroatoms. The molecule has 1 N–H and O–H groups in total. The van der Waals surface area contributed by atoms with Crippen LogP contribution in [0.2, 0.25) is 13.1 Å². The van der Waals surface area contributed by atoms with Crippen LogP contribution in [0, 0.1) is 11.3 Å². The largest absolute Gasteiger partial charge is 0.479 e. The van der Waals surface area contributed by atoms with Gasteiger partial charge in [0.25, 0.3) is 0 Å². The lowest BCUT2D eigenvalue weighted by atomic mass is 9.74. The van der Waals surface area contributed by atoms with Crippen LogP contribution in [0.3, 0.4) is 0 Å². The van der Waals surface area contributed by atoms with Crippen molar-refractivity contribution in [3.63, 3.8) is 0 Å². The Balaban J connectivity index is 4.23. The molecule has 144 valence electrons. The van der Waals surface area contributed by atoms with Crippen LogP contribution in [0.4, 0.5) is 0 Å². The first-order valence-electron chi connectivity index (χ1n) is 10.1. The third kappa shape index (κ3) is 11.2. The molecule has 0 rings (SSSR count). The number of unbranched alkanes of at least 4 members (excludes halogenated alkanes) is 8. The minimum Gasteiger partial charge on any atom is -0.479 e. The fourth-order valence-electron chi connectivity index (χ4n) is 3.33. The zero-order chi connectivity index (χ0) is 18.6. The second-order valence-corrected chi connectivity index (χ2v) is 10.9. The van der Waals surface area contributed by atoms with E-state index in [1.165, 1.54) is 51.4 Å². The Kier molecular flexibility index (Phi) is 12.7. The van der Waals surface area contributed by atoms with E-state index in [1.807, 2.05) is 13.1 Å². The summed E-state index contributed by atoms with van der Waals surface area (Å²) in [6, 6.07) is 0. The molecular weight excluding hydrogens is 316 g/mol. The van der Waals surface area contributed by atoms with Gasteiger partial charge in [0, 0.05) is 0 Å².